The van der Waals surface area contributed by atoms with Gasteiger partial charge in [0.25, 0.3) is 5.91 Å². The molecule has 6 heteroatoms. The second kappa shape index (κ2) is 7.01. The zero-order chi connectivity index (χ0) is 19.2. The molecule has 142 valence electrons. The molecule has 0 saturated carbocycles. The third-order valence-electron chi connectivity index (χ3n) is 5.88. The van der Waals surface area contributed by atoms with E-state index in [1.54, 1.807) is 25.3 Å². The predicted molar refractivity (Wildman–Crippen MR) is 110 cm³/mol. The van der Waals surface area contributed by atoms with Crippen LogP contribution in [-0.2, 0) is 5.41 Å². The van der Waals surface area contributed by atoms with Crippen LogP contribution in [0.2, 0.25) is 10.0 Å². The van der Waals surface area contributed by atoms with Crippen molar-refractivity contribution in [1.82, 2.24) is 4.90 Å². The van der Waals surface area contributed by atoms with Gasteiger partial charge < -0.3 is 14.5 Å². The van der Waals surface area contributed by atoms with Gasteiger partial charge in [-0.3, -0.25) is 4.79 Å². The van der Waals surface area contributed by atoms with Gasteiger partial charge in [0.15, 0.2) is 0 Å². The molecule has 4 rings (SSSR count). The third kappa shape index (κ3) is 3.20. The first-order valence-corrected chi connectivity index (χ1v) is 9.83. The quantitative estimate of drug-likeness (QED) is 0.731. The van der Waals surface area contributed by atoms with Gasteiger partial charge in [-0.2, -0.15) is 0 Å². The second-order valence-corrected chi connectivity index (χ2v) is 8.33. The highest BCUT2D eigenvalue weighted by molar-refractivity contribution is 6.37. The molecule has 2 heterocycles. The summed E-state index contributed by atoms with van der Waals surface area (Å²) in [5, 5.41) is 0.904. The maximum absolute atomic E-state index is 13.3. The van der Waals surface area contributed by atoms with Crippen molar-refractivity contribution >= 4 is 34.8 Å². The maximum atomic E-state index is 13.3. The van der Waals surface area contributed by atoms with Gasteiger partial charge in [0.2, 0.25) is 0 Å². The molecule has 0 radical (unpaired) electrons. The second-order valence-electron chi connectivity index (χ2n) is 7.48. The van der Waals surface area contributed by atoms with Crippen molar-refractivity contribution < 1.29 is 9.53 Å². The Kier molecular flexibility index (Phi) is 4.83. The zero-order valence-electron chi connectivity index (χ0n) is 15.5. The van der Waals surface area contributed by atoms with Crippen molar-refractivity contribution in [2.24, 2.45) is 0 Å². The van der Waals surface area contributed by atoms with Crippen molar-refractivity contribution in [3.05, 3.63) is 57.6 Å². The largest absolute Gasteiger partial charge is 0.497 e. The lowest BCUT2D eigenvalue weighted by Crippen LogP contribution is -2.44. The van der Waals surface area contributed by atoms with Crippen LogP contribution in [-0.4, -0.2) is 44.6 Å². The Bertz CT molecular complexity index is 892. The van der Waals surface area contributed by atoms with Gasteiger partial charge >= 0.3 is 0 Å². The van der Waals surface area contributed by atoms with E-state index in [9.17, 15) is 4.79 Å². The van der Waals surface area contributed by atoms with E-state index in [1.165, 1.54) is 5.56 Å². The van der Waals surface area contributed by atoms with Crippen LogP contribution in [0.25, 0.3) is 0 Å². The summed E-state index contributed by atoms with van der Waals surface area (Å²) in [5.74, 6) is 0.741. The van der Waals surface area contributed by atoms with Crippen LogP contribution >= 0.6 is 23.2 Å². The Morgan fingerprint density at radius 2 is 1.85 bits per heavy atom. The standard InChI is InChI=1S/C21H22Cl2N2O2/c1-24-9-7-21(8-10-24)13-25(19-6-4-15(27-2)12-17(19)21)20(26)16-5-3-14(22)11-18(16)23/h3-6,11-12H,7-10,13H2,1-2H3. The fraction of sp³-hybridized carbons (Fsp3) is 0.381. The molecular formula is C21H22Cl2N2O2. The molecule has 27 heavy (non-hydrogen) atoms. The van der Waals surface area contributed by atoms with E-state index in [0.29, 0.717) is 22.2 Å². The van der Waals surface area contributed by atoms with Crippen LogP contribution in [0.1, 0.15) is 28.8 Å². The minimum absolute atomic E-state index is 0.0368. The lowest BCUT2D eigenvalue weighted by atomic mass is 9.74. The van der Waals surface area contributed by atoms with E-state index in [4.69, 9.17) is 27.9 Å². The number of likely N-dealkylation sites (tertiary alicyclic amines) is 1. The molecule has 1 saturated heterocycles. The summed E-state index contributed by atoms with van der Waals surface area (Å²) in [6, 6.07) is 11.0. The molecule has 0 bridgehead atoms. The van der Waals surface area contributed by atoms with Crippen LogP contribution in [0.3, 0.4) is 0 Å². The minimum Gasteiger partial charge on any atom is -0.497 e. The van der Waals surface area contributed by atoms with E-state index in [1.807, 2.05) is 17.0 Å². The molecule has 0 atom stereocenters. The van der Waals surface area contributed by atoms with Crippen molar-refractivity contribution in [2.45, 2.75) is 18.3 Å². The molecule has 0 aliphatic carbocycles. The Balaban J connectivity index is 1.76. The summed E-state index contributed by atoms with van der Waals surface area (Å²) in [6.07, 6.45) is 2.03. The molecule has 0 unspecified atom stereocenters. The minimum atomic E-state index is -0.0844. The molecule has 0 aromatic heterocycles. The molecular weight excluding hydrogens is 383 g/mol. The highest BCUT2D eigenvalue weighted by Gasteiger charge is 2.46. The molecule has 1 spiro atoms. The fourth-order valence-electron chi connectivity index (χ4n) is 4.24. The average molecular weight is 405 g/mol. The number of methoxy groups -OCH3 is 1. The number of anilines is 1. The van der Waals surface area contributed by atoms with Crippen molar-refractivity contribution in [2.75, 3.05) is 38.7 Å². The van der Waals surface area contributed by atoms with E-state index in [0.717, 1.165) is 37.4 Å². The number of hydrogen-bond acceptors (Lipinski definition) is 3. The van der Waals surface area contributed by atoms with Gasteiger partial charge in [-0.1, -0.05) is 23.2 Å². The molecule has 1 amide bonds. The van der Waals surface area contributed by atoms with Crippen molar-refractivity contribution in [3.8, 4) is 5.75 Å². The Labute approximate surface area is 169 Å². The number of fused-ring (bicyclic) bond motifs is 2. The first-order chi connectivity index (χ1) is 12.9. The van der Waals surface area contributed by atoms with Crippen LogP contribution < -0.4 is 9.64 Å². The van der Waals surface area contributed by atoms with Crippen LogP contribution in [0.15, 0.2) is 36.4 Å². The number of ether oxygens (including phenoxy) is 1. The van der Waals surface area contributed by atoms with Gasteiger partial charge in [-0.05, 0) is 74.9 Å². The van der Waals surface area contributed by atoms with Gasteiger partial charge in [0.1, 0.15) is 5.75 Å². The van der Waals surface area contributed by atoms with E-state index in [2.05, 4.69) is 18.0 Å². The lowest BCUT2D eigenvalue weighted by Gasteiger charge is -2.38. The summed E-state index contributed by atoms with van der Waals surface area (Å²) < 4.78 is 5.46. The normalized spacial score (nSPS) is 18.6. The smallest absolute Gasteiger partial charge is 0.259 e. The first-order valence-electron chi connectivity index (χ1n) is 9.07. The third-order valence-corrected chi connectivity index (χ3v) is 6.43. The highest BCUT2D eigenvalue weighted by Crippen LogP contribution is 2.48. The summed E-state index contributed by atoms with van der Waals surface area (Å²) in [6.45, 7) is 2.70. The number of amides is 1. The number of carbonyl (C=O) groups excluding carboxylic acids is 1. The molecule has 2 aromatic carbocycles. The Morgan fingerprint density at radius 3 is 2.52 bits per heavy atom. The van der Waals surface area contributed by atoms with E-state index < -0.39 is 0 Å². The maximum Gasteiger partial charge on any atom is 0.259 e. The van der Waals surface area contributed by atoms with Gasteiger partial charge in [0, 0.05) is 22.7 Å². The zero-order valence-corrected chi connectivity index (χ0v) is 17.0. The number of carbonyl (C=O) groups is 1. The lowest BCUT2D eigenvalue weighted by molar-refractivity contribution is 0.0979. The number of benzene rings is 2. The number of piperidine rings is 1. The average Bonchev–Trinajstić information content (AvgIpc) is 2.97. The number of halogens is 2. The van der Waals surface area contributed by atoms with E-state index in [-0.39, 0.29) is 11.3 Å². The van der Waals surface area contributed by atoms with Crippen LogP contribution in [0, 0.1) is 0 Å². The molecule has 2 aliphatic rings. The molecule has 2 aromatic rings. The number of rotatable bonds is 2. The van der Waals surface area contributed by atoms with Gasteiger partial charge in [-0.25, -0.2) is 0 Å². The number of hydrogen-bond donors (Lipinski definition) is 0. The van der Waals surface area contributed by atoms with Gasteiger partial charge in [0.05, 0.1) is 17.7 Å². The first kappa shape index (κ1) is 18.6. The monoisotopic (exact) mass is 404 g/mol. The molecule has 0 N–H and O–H groups in total. The number of nitrogens with zero attached hydrogens (tertiary/aromatic N) is 2. The summed E-state index contributed by atoms with van der Waals surface area (Å²) in [5.41, 5.74) is 2.60. The summed E-state index contributed by atoms with van der Waals surface area (Å²) in [7, 11) is 3.82. The summed E-state index contributed by atoms with van der Waals surface area (Å²) in [4.78, 5) is 17.6. The molecule has 4 nitrogen and oxygen atoms in total. The van der Waals surface area contributed by atoms with Crippen molar-refractivity contribution in [1.29, 1.82) is 0 Å². The van der Waals surface area contributed by atoms with Crippen LogP contribution in [0.4, 0.5) is 5.69 Å². The Hall–Kier alpha value is -1.75. The molecule has 1 fully saturated rings. The van der Waals surface area contributed by atoms with Crippen LogP contribution in [0.5, 0.6) is 5.75 Å². The fourth-order valence-corrected chi connectivity index (χ4v) is 4.73. The Morgan fingerprint density at radius 1 is 1.11 bits per heavy atom. The SMILES string of the molecule is COc1ccc2c(c1)C1(CCN(C)CC1)CN2C(=O)c1ccc(Cl)cc1Cl. The van der Waals surface area contributed by atoms with E-state index >= 15 is 0 Å². The topological polar surface area (TPSA) is 32.8 Å². The summed E-state index contributed by atoms with van der Waals surface area (Å²) >= 11 is 12.3. The predicted octanol–water partition coefficient (Wildman–Crippen LogP) is 4.63. The van der Waals surface area contributed by atoms with Gasteiger partial charge in [-0.15, -0.1) is 0 Å². The molecule has 2 aliphatic heterocycles. The van der Waals surface area contributed by atoms with Crippen molar-refractivity contribution in [3.63, 3.8) is 0 Å². The highest BCUT2D eigenvalue weighted by atomic mass is 35.5.